The van der Waals surface area contributed by atoms with Crippen LogP contribution in [0.1, 0.15) is 19.4 Å². The maximum absolute atomic E-state index is 6.08. The van der Waals surface area contributed by atoms with Crippen molar-refractivity contribution in [2.75, 3.05) is 11.9 Å². The van der Waals surface area contributed by atoms with Gasteiger partial charge in [-0.3, -0.25) is 0 Å². The van der Waals surface area contributed by atoms with Crippen LogP contribution in [0, 0.1) is 0 Å². The van der Waals surface area contributed by atoms with Crippen LogP contribution < -0.4 is 9.64 Å². The van der Waals surface area contributed by atoms with Crippen LogP contribution in [0.5, 0.6) is 5.75 Å². The number of hydrogen-bond acceptors (Lipinski definition) is 2. The first kappa shape index (κ1) is 13.5. The molecule has 0 aliphatic rings. The van der Waals surface area contributed by atoms with Crippen LogP contribution in [0.15, 0.2) is 54.6 Å². The first-order valence-electron chi connectivity index (χ1n) is 6.74. The van der Waals surface area contributed by atoms with Crippen LogP contribution >= 0.6 is 0 Å². The van der Waals surface area contributed by atoms with Crippen molar-refractivity contribution in [1.82, 2.24) is 0 Å². The van der Waals surface area contributed by atoms with Crippen LogP contribution in [0.3, 0.4) is 0 Å². The van der Waals surface area contributed by atoms with Crippen molar-refractivity contribution in [3.8, 4) is 5.75 Å². The lowest BCUT2D eigenvalue weighted by molar-refractivity contribution is 0.219. The smallest absolute Gasteiger partial charge is 0.169 e. The molecule has 19 heavy (non-hydrogen) atoms. The number of anilines is 1. The highest BCUT2D eigenvalue weighted by molar-refractivity contribution is 5.46. The van der Waals surface area contributed by atoms with Gasteiger partial charge in [-0.15, -0.1) is 0 Å². The number of hydrogen-bond donors (Lipinski definition) is 0. The molecule has 2 aromatic rings. The van der Waals surface area contributed by atoms with Crippen LogP contribution in [-0.2, 0) is 6.42 Å². The molecule has 100 valence electrons. The van der Waals surface area contributed by atoms with Gasteiger partial charge in [0.2, 0.25) is 0 Å². The second-order valence-electron chi connectivity index (χ2n) is 4.62. The molecule has 0 fully saturated rings. The third kappa shape index (κ3) is 3.28. The third-order valence-corrected chi connectivity index (χ3v) is 3.36. The fraction of sp³-hybridized carbons (Fsp3) is 0.294. The van der Waals surface area contributed by atoms with E-state index in [1.807, 2.05) is 30.3 Å². The molecule has 0 aromatic heterocycles. The van der Waals surface area contributed by atoms with Crippen molar-refractivity contribution in [1.29, 1.82) is 0 Å². The summed E-state index contributed by atoms with van der Waals surface area (Å²) in [4.78, 5) is 2.13. The topological polar surface area (TPSA) is 12.5 Å². The second kappa shape index (κ2) is 6.28. The van der Waals surface area contributed by atoms with E-state index >= 15 is 0 Å². The van der Waals surface area contributed by atoms with Gasteiger partial charge in [0, 0.05) is 12.7 Å². The Morgan fingerprint density at radius 3 is 2.32 bits per heavy atom. The predicted molar refractivity (Wildman–Crippen MR) is 80.8 cm³/mol. The summed E-state index contributed by atoms with van der Waals surface area (Å²) in [6.07, 6.45) is 0.980. The van der Waals surface area contributed by atoms with Gasteiger partial charge in [-0.1, -0.05) is 43.3 Å². The van der Waals surface area contributed by atoms with Crippen molar-refractivity contribution in [2.45, 2.75) is 26.5 Å². The summed E-state index contributed by atoms with van der Waals surface area (Å²) in [6.45, 7) is 4.22. The maximum Gasteiger partial charge on any atom is 0.169 e. The quantitative estimate of drug-likeness (QED) is 0.745. The van der Waals surface area contributed by atoms with Crippen LogP contribution in [0.4, 0.5) is 5.69 Å². The summed E-state index contributed by atoms with van der Waals surface area (Å²) in [5.74, 6) is 0.972. The van der Waals surface area contributed by atoms with Gasteiger partial charge in [-0.2, -0.15) is 0 Å². The molecule has 1 unspecified atom stereocenters. The van der Waals surface area contributed by atoms with E-state index in [4.69, 9.17) is 4.74 Å². The minimum atomic E-state index is -0.00454. The minimum Gasteiger partial charge on any atom is -0.471 e. The highest BCUT2D eigenvalue weighted by atomic mass is 16.5. The molecule has 0 heterocycles. The molecule has 0 spiro atoms. The number of para-hydroxylation sites is 2. The lowest BCUT2D eigenvalue weighted by atomic mass is 10.1. The SMILES string of the molecule is CCc1ccccc1OC(C)N(C)c1ccccc1. The number of nitrogens with zero attached hydrogens (tertiary/aromatic N) is 1. The van der Waals surface area contributed by atoms with Crippen molar-refractivity contribution in [3.05, 3.63) is 60.2 Å². The lowest BCUT2D eigenvalue weighted by Gasteiger charge is -2.28. The summed E-state index contributed by atoms with van der Waals surface area (Å²) in [6, 6.07) is 18.5. The monoisotopic (exact) mass is 255 g/mol. The Kier molecular flexibility index (Phi) is 4.45. The predicted octanol–water partition coefficient (Wildman–Crippen LogP) is 4.11. The normalized spacial score (nSPS) is 11.9. The van der Waals surface area contributed by atoms with E-state index in [0.29, 0.717) is 0 Å². The average molecular weight is 255 g/mol. The molecule has 0 aliphatic heterocycles. The number of ether oxygens (including phenoxy) is 1. The lowest BCUT2D eigenvalue weighted by Crippen LogP contribution is -2.33. The summed E-state index contributed by atoms with van der Waals surface area (Å²) < 4.78 is 6.08. The first-order valence-corrected chi connectivity index (χ1v) is 6.74. The van der Waals surface area contributed by atoms with E-state index in [-0.39, 0.29) is 6.23 Å². The van der Waals surface area contributed by atoms with Gasteiger partial charge in [-0.25, -0.2) is 0 Å². The molecule has 2 heteroatoms. The highest BCUT2D eigenvalue weighted by Gasteiger charge is 2.12. The van der Waals surface area contributed by atoms with E-state index in [2.05, 4.69) is 50.1 Å². The van der Waals surface area contributed by atoms with Gasteiger partial charge in [0.25, 0.3) is 0 Å². The van der Waals surface area contributed by atoms with E-state index in [1.54, 1.807) is 0 Å². The Labute approximate surface area is 115 Å². The number of benzene rings is 2. The summed E-state index contributed by atoms with van der Waals surface area (Å²) in [5.41, 5.74) is 2.40. The molecular formula is C17H21NO. The molecule has 0 saturated heterocycles. The molecule has 0 aliphatic carbocycles. The van der Waals surface area contributed by atoms with Gasteiger partial charge in [0.05, 0.1) is 0 Å². The summed E-state index contributed by atoms with van der Waals surface area (Å²) in [5, 5.41) is 0. The molecule has 2 nitrogen and oxygen atoms in total. The van der Waals surface area contributed by atoms with Crippen molar-refractivity contribution < 1.29 is 4.74 Å². The van der Waals surface area contributed by atoms with Crippen LogP contribution in [-0.4, -0.2) is 13.3 Å². The molecule has 0 N–H and O–H groups in total. The maximum atomic E-state index is 6.08. The fourth-order valence-corrected chi connectivity index (χ4v) is 2.05. The number of aryl methyl sites for hydroxylation is 1. The Hall–Kier alpha value is -1.96. The molecule has 0 amide bonds. The summed E-state index contributed by atoms with van der Waals surface area (Å²) in [7, 11) is 2.05. The molecule has 1 atom stereocenters. The van der Waals surface area contributed by atoms with Gasteiger partial charge in [0.1, 0.15) is 5.75 Å². The number of rotatable bonds is 5. The van der Waals surface area contributed by atoms with Gasteiger partial charge in [0.15, 0.2) is 6.23 Å². The van der Waals surface area contributed by atoms with Gasteiger partial charge >= 0.3 is 0 Å². The Bertz CT molecular complexity index is 510. The molecule has 0 bridgehead atoms. The second-order valence-corrected chi connectivity index (χ2v) is 4.62. The molecule has 0 saturated carbocycles. The van der Waals surface area contributed by atoms with Gasteiger partial charge in [-0.05, 0) is 37.1 Å². The van der Waals surface area contributed by atoms with Crippen LogP contribution in [0.2, 0.25) is 0 Å². The van der Waals surface area contributed by atoms with Crippen molar-refractivity contribution >= 4 is 5.69 Å². The van der Waals surface area contributed by atoms with E-state index in [9.17, 15) is 0 Å². The van der Waals surface area contributed by atoms with Gasteiger partial charge < -0.3 is 9.64 Å². The zero-order valence-corrected chi connectivity index (χ0v) is 11.8. The third-order valence-electron chi connectivity index (χ3n) is 3.36. The first-order chi connectivity index (χ1) is 9.22. The van der Waals surface area contributed by atoms with Crippen LogP contribution in [0.25, 0.3) is 0 Å². The fourth-order valence-electron chi connectivity index (χ4n) is 2.05. The Morgan fingerprint density at radius 2 is 1.63 bits per heavy atom. The zero-order valence-electron chi connectivity index (χ0n) is 11.8. The Morgan fingerprint density at radius 1 is 1.00 bits per heavy atom. The standard InChI is InChI=1S/C17H21NO/c1-4-15-10-8-9-13-17(15)19-14(2)18(3)16-11-6-5-7-12-16/h5-14H,4H2,1-3H3. The average Bonchev–Trinajstić information content (AvgIpc) is 2.48. The molecule has 2 rings (SSSR count). The molecule has 0 radical (unpaired) electrons. The molecular weight excluding hydrogens is 234 g/mol. The van der Waals surface area contributed by atoms with E-state index in [0.717, 1.165) is 17.9 Å². The molecule has 2 aromatic carbocycles. The largest absolute Gasteiger partial charge is 0.471 e. The summed E-state index contributed by atoms with van der Waals surface area (Å²) >= 11 is 0. The Balaban J connectivity index is 2.10. The highest BCUT2D eigenvalue weighted by Crippen LogP contribution is 2.22. The van der Waals surface area contributed by atoms with E-state index in [1.165, 1.54) is 5.56 Å². The van der Waals surface area contributed by atoms with Crippen molar-refractivity contribution in [2.24, 2.45) is 0 Å². The van der Waals surface area contributed by atoms with E-state index < -0.39 is 0 Å². The zero-order chi connectivity index (χ0) is 13.7. The minimum absolute atomic E-state index is 0.00454. The van der Waals surface area contributed by atoms with Crippen molar-refractivity contribution in [3.63, 3.8) is 0 Å².